The Hall–Kier alpha value is -2.44. The molecule has 0 aliphatic carbocycles. The molecule has 0 bridgehead atoms. The summed E-state index contributed by atoms with van der Waals surface area (Å²) in [6.45, 7) is 0. The molecule has 7 heteroatoms. The smallest absolute Gasteiger partial charge is 0.323 e. The van der Waals surface area contributed by atoms with Crippen molar-refractivity contribution in [2.24, 2.45) is 0 Å². The van der Waals surface area contributed by atoms with Gasteiger partial charge in [0, 0.05) is 17.8 Å². The van der Waals surface area contributed by atoms with Crippen LogP contribution in [0.5, 0.6) is 0 Å². The molecule has 19 heavy (non-hydrogen) atoms. The molecule has 1 unspecified atom stereocenters. The van der Waals surface area contributed by atoms with Gasteiger partial charge in [-0.25, -0.2) is 4.79 Å². The number of rotatable bonds is 3. The Kier molecular flexibility index (Phi) is 3.46. The first-order valence-corrected chi connectivity index (χ1v) is 5.49. The lowest BCUT2D eigenvalue weighted by atomic mass is 9.86. The molecule has 0 spiro atoms. The largest absolute Gasteiger partial charge is 0.382 e. The minimum Gasteiger partial charge on any atom is -0.323 e. The molecular weight excluding hydrogens is 247 g/mol. The number of hydrogen-bond donors (Lipinski definition) is 1. The maximum atomic E-state index is 11.7. The second-order valence-electron chi connectivity index (χ2n) is 3.96. The molecule has 0 saturated carbocycles. The second-order valence-corrected chi connectivity index (χ2v) is 3.96. The van der Waals surface area contributed by atoms with E-state index in [-0.39, 0.29) is 6.42 Å². The van der Waals surface area contributed by atoms with Gasteiger partial charge in [0.15, 0.2) is 0 Å². The summed E-state index contributed by atoms with van der Waals surface area (Å²) in [6, 6.07) is 8.12. The number of hydrogen-bond acceptors (Lipinski definition) is 5. The molecule has 1 saturated heterocycles. The van der Waals surface area contributed by atoms with Crippen LogP contribution in [-0.2, 0) is 19.2 Å². The molecule has 1 heterocycles. The average molecular weight is 256 g/mol. The molecule has 0 aromatic heterocycles. The highest BCUT2D eigenvalue weighted by Gasteiger charge is 2.39. The van der Waals surface area contributed by atoms with Crippen molar-refractivity contribution in [3.05, 3.63) is 35.9 Å². The first-order valence-electron chi connectivity index (χ1n) is 5.49. The van der Waals surface area contributed by atoms with Gasteiger partial charge in [-0.05, 0) is 0 Å². The average Bonchev–Trinajstić information content (AvgIpc) is 2.65. The Balaban J connectivity index is 2.08. The van der Waals surface area contributed by atoms with E-state index in [0.29, 0.717) is 10.6 Å². The number of amides is 2. The van der Waals surface area contributed by atoms with Crippen molar-refractivity contribution >= 4 is 31.3 Å². The van der Waals surface area contributed by atoms with Gasteiger partial charge >= 0.3 is 5.97 Å². The highest BCUT2D eigenvalue weighted by atomic mass is 16.7. The molecule has 1 aliphatic heterocycles. The molecule has 1 N–H and O–H groups in total. The third-order valence-corrected chi connectivity index (χ3v) is 2.58. The molecule has 1 aromatic rings. The fourth-order valence-electron chi connectivity index (χ4n) is 1.58. The van der Waals surface area contributed by atoms with E-state index in [1.165, 1.54) is 0 Å². The molecule has 2 radical (unpaired) electrons. The number of hydroxylamine groups is 2. The summed E-state index contributed by atoms with van der Waals surface area (Å²) in [7, 11) is 5.36. The van der Waals surface area contributed by atoms with E-state index in [0.717, 1.165) is 0 Å². The van der Waals surface area contributed by atoms with E-state index in [9.17, 15) is 14.4 Å². The summed E-state index contributed by atoms with van der Waals surface area (Å²) in [6.07, 6.45) is -0.204. The Labute approximate surface area is 110 Å². The van der Waals surface area contributed by atoms with Crippen LogP contribution in [0.2, 0.25) is 5.82 Å². The van der Waals surface area contributed by atoms with Crippen molar-refractivity contribution in [2.75, 3.05) is 0 Å². The van der Waals surface area contributed by atoms with Gasteiger partial charge in [-0.15, -0.1) is 5.06 Å². The molecule has 1 aromatic carbocycles. The van der Waals surface area contributed by atoms with Crippen LogP contribution in [-0.4, -0.2) is 36.4 Å². The molecule has 1 fully saturated rings. The lowest BCUT2D eigenvalue weighted by Crippen LogP contribution is -2.35. The summed E-state index contributed by atoms with van der Waals surface area (Å²) >= 11 is 0. The van der Waals surface area contributed by atoms with Crippen molar-refractivity contribution in [3.8, 4) is 0 Å². The molecule has 6 nitrogen and oxygen atoms in total. The zero-order valence-corrected chi connectivity index (χ0v) is 9.83. The first kappa shape index (κ1) is 13.0. The molecular formula is C12H9BN2O4. The lowest BCUT2D eigenvalue weighted by Gasteiger charge is -2.13. The summed E-state index contributed by atoms with van der Waals surface area (Å²) in [4.78, 5) is 39.1. The Morgan fingerprint density at radius 1 is 1.32 bits per heavy atom. The highest BCUT2D eigenvalue weighted by molar-refractivity contribution is 6.42. The number of nitrogens with zero attached hydrogens (tertiary/aromatic N) is 1. The highest BCUT2D eigenvalue weighted by Crippen LogP contribution is 2.21. The van der Waals surface area contributed by atoms with Gasteiger partial charge in [-0.2, -0.15) is 0 Å². The summed E-state index contributed by atoms with van der Waals surface area (Å²) < 4.78 is 0. The van der Waals surface area contributed by atoms with E-state index >= 15 is 0 Å². The maximum absolute atomic E-state index is 11.7. The SMILES string of the molecule is [B]C1CC(=O)N(OC(=O)C(=N)c2ccccc2)C1=O. The first-order chi connectivity index (χ1) is 9.00. The Bertz CT molecular complexity index is 558. The number of carbonyl (C=O) groups excluding carboxylic acids is 3. The van der Waals surface area contributed by atoms with Crippen LogP contribution >= 0.6 is 0 Å². The quantitative estimate of drug-likeness (QED) is 0.476. The minimum atomic E-state index is -1.08. The Morgan fingerprint density at radius 3 is 2.47 bits per heavy atom. The van der Waals surface area contributed by atoms with Gasteiger partial charge < -0.3 is 4.84 Å². The zero-order valence-electron chi connectivity index (χ0n) is 9.83. The maximum Gasteiger partial charge on any atom is 0.382 e. The van der Waals surface area contributed by atoms with Crippen molar-refractivity contribution in [3.63, 3.8) is 0 Å². The van der Waals surface area contributed by atoms with Crippen molar-refractivity contribution < 1.29 is 19.2 Å². The van der Waals surface area contributed by atoms with Gasteiger partial charge in [0.05, 0.1) is 7.85 Å². The zero-order chi connectivity index (χ0) is 14.0. The predicted molar refractivity (Wildman–Crippen MR) is 65.3 cm³/mol. The number of imide groups is 1. The molecule has 1 aliphatic rings. The fourth-order valence-corrected chi connectivity index (χ4v) is 1.58. The van der Waals surface area contributed by atoms with Crippen LogP contribution in [0.25, 0.3) is 0 Å². The van der Waals surface area contributed by atoms with Gasteiger partial charge in [-0.3, -0.25) is 15.0 Å². The fraction of sp³-hybridized carbons (Fsp3) is 0.167. The van der Waals surface area contributed by atoms with Crippen LogP contribution < -0.4 is 0 Å². The van der Waals surface area contributed by atoms with Crippen LogP contribution in [0.1, 0.15) is 12.0 Å². The van der Waals surface area contributed by atoms with Crippen LogP contribution in [0.4, 0.5) is 0 Å². The van der Waals surface area contributed by atoms with Gasteiger partial charge in [0.25, 0.3) is 11.8 Å². The van der Waals surface area contributed by atoms with Crippen molar-refractivity contribution in [1.82, 2.24) is 5.06 Å². The normalized spacial score (nSPS) is 18.5. The van der Waals surface area contributed by atoms with E-state index in [1.54, 1.807) is 30.3 Å². The number of carbonyl (C=O) groups is 3. The van der Waals surface area contributed by atoms with Crippen molar-refractivity contribution in [1.29, 1.82) is 5.41 Å². The summed E-state index contributed by atoms with van der Waals surface area (Å²) in [5.74, 6) is -3.54. The summed E-state index contributed by atoms with van der Waals surface area (Å²) in [5.41, 5.74) is -0.113. The minimum absolute atomic E-state index is 0.204. The third kappa shape index (κ3) is 2.54. The van der Waals surface area contributed by atoms with Gasteiger partial charge in [0.1, 0.15) is 5.71 Å². The van der Waals surface area contributed by atoms with Crippen LogP contribution in [0, 0.1) is 5.41 Å². The predicted octanol–water partition coefficient (Wildman–Crippen LogP) is 0.229. The molecule has 94 valence electrons. The van der Waals surface area contributed by atoms with E-state index in [2.05, 4.69) is 4.84 Å². The molecule has 2 rings (SSSR count). The van der Waals surface area contributed by atoms with Crippen LogP contribution in [0.15, 0.2) is 30.3 Å². The summed E-state index contributed by atoms with van der Waals surface area (Å²) in [5, 5.41) is 7.95. The number of benzene rings is 1. The van der Waals surface area contributed by atoms with E-state index < -0.39 is 29.3 Å². The van der Waals surface area contributed by atoms with Crippen molar-refractivity contribution in [2.45, 2.75) is 12.2 Å². The monoisotopic (exact) mass is 256 g/mol. The molecule has 1 atom stereocenters. The third-order valence-electron chi connectivity index (χ3n) is 2.58. The second kappa shape index (κ2) is 5.05. The van der Waals surface area contributed by atoms with Gasteiger partial charge in [0.2, 0.25) is 0 Å². The lowest BCUT2D eigenvalue weighted by molar-refractivity contribution is -0.192. The Morgan fingerprint density at radius 2 is 1.95 bits per heavy atom. The van der Waals surface area contributed by atoms with Crippen LogP contribution in [0.3, 0.4) is 0 Å². The topological polar surface area (TPSA) is 87.5 Å². The standard InChI is InChI=1S/C12H9BN2O4/c13-8-6-9(16)15(11(8)17)19-12(18)10(14)7-4-2-1-3-5-7/h1-5,8,14H,6H2. The van der Waals surface area contributed by atoms with Gasteiger partial charge in [-0.1, -0.05) is 30.3 Å². The molecule has 2 amide bonds. The van der Waals surface area contributed by atoms with E-state index in [1.807, 2.05) is 0 Å². The van der Waals surface area contributed by atoms with E-state index in [4.69, 9.17) is 13.3 Å². The number of nitrogens with one attached hydrogen (secondary N) is 1.